The van der Waals surface area contributed by atoms with Crippen molar-refractivity contribution in [3.05, 3.63) is 88.9 Å². The van der Waals surface area contributed by atoms with Crippen LogP contribution in [-0.2, 0) is 0 Å². The number of nitrogens with zero attached hydrogens (tertiary/aromatic N) is 2. The second-order valence-corrected chi connectivity index (χ2v) is 7.15. The molecular weight excluding hydrogens is 356 g/mol. The van der Waals surface area contributed by atoms with Crippen LogP contribution in [-0.4, -0.2) is 12.9 Å². The molecule has 27 heavy (non-hydrogen) atoms. The van der Waals surface area contributed by atoms with E-state index in [1.54, 1.807) is 7.11 Å². The largest absolute Gasteiger partial charge is 0.497 e. The lowest BCUT2D eigenvalue weighted by molar-refractivity contribution is 0.415. The monoisotopic (exact) mass is 376 g/mol. The maximum atomic E-state index is 6.31. The van der Waals surface area contributed by atoms with Gasteiger partial charge in [-0.3, -0.25) is 0 Å². The van der Waals surface area contributed by atoms with Gasteiger partial charge >= 0.3 is 0 Å². The summed E-state index contributed by atoms with van der Waals surface area (Å²) < 4.78 is 5.30. The molecule has 0 saturated carbocycles. The summed E-state index contributed by atoms with van der Waals surface area (Å²) in [6.45, 7) is 2.07. The van der Waals surface area contributed by atoms with Gasteiger partial charge in [0.2, 0.25) is 0 Å². The zero-order valence-electron chi connectivity index (χ0n) is 15.4. The predicted octanol–water partition coefficient (Wildman–Crippen LogP) is 6.34. The van der Waals surface area contributed by atoms with Crippen molar-refractivity contribution in [3.8, 4) is 5.75 Å². The van der Waals surface area contributed by atoms with Crippen LogP contribution in [0.15, 0.2) is 77.8 Å². The maximum Gasteiger partial charge on any atom is 0.119 e. The minimum Gasteiger partial charge on any atom is -0.497 e. The summed E-state index contributed by atoms with van der Waals surface area (Å²) in [6, 6.07) is 24.6. The standard InChI is InChI=1S/C23H21ClN2O/c1-16-12-17(14-18(24)13-16)22-15-23(25-19-6-4-3-5-7-19)26(22)20-8-10-21(27-2)11-9-20/h3-14,22H,15H2,1-2H3. The van der Waals surface area contributed by atoms with Crippen LogP contribution in [0.5, 0.6) is 5.75 Å². The van der Waals surface area contributed by atoms with Crippen molar-refractivity contribution < 1.29 is 4.74 Å². The Morgan fingerprint density at radius 2 is 1.74 bits per heavy atom. The molecule has 0 aliphatic carbocycles. The van der Waals surface area contributed by atoms with Gasteiger partial charge in [-0.2, -0.15) is 0 Å². The zero-order valence-corrected chi connectivity index (χ0v) is 16.1. The first-order chi connectivity index (χ1) is 13.1. The Kier molecular flexibility index (Phi) is 4.87. The summed E-state index contributed by atoms with van der Waals surface area (Å²) in [5.41, 5.74) is 4.44. The fraction of sp³-hybridized carbons (Fsp3) is 0.174. The van der Waals surface area contributed by atoms with Crippen LogP contribution in [0.3, 0.4) is 0 Å². The van der Waals surface area contributed by atoms with E-state index in [1.807, 2.05) is 48.5 Å². The van der Waals surface area contributed by atoms with Crippen LogP contribution in [0.1, 0.15) is 23.6 Å². The van der Waals surface area contributed by atoms with Crippen molar-refractivity contribution in [1.29, 1.82) is 0 Å². The molecular formula is C23H21ClN2O. The summed E-state index contributed by atoms with van der Waals surface area (Å²) in [5, 5.41) is 0.771. The molecule has 1 unspecified atom stereocenters. The number of hydrogen-bond acceptors (Lipinski definition) is 2. The zero-order chi connectivity index (χ0) is 18.8. The average molecular weight is 377 g/mol. The van der Waals surface area contributed by atoms with E-state index in [0.29, 0.717) is 0 Å². The molecule has 0 amide bonds. The molecule has 0 spiro atoms. The van der Waals surface area contributed by atoms with Crippen molar-refractivity contribution in [2.45, 2.75) is 19.4 Å². The molecule has 3 aromatic rings. The molecule has 4 heteroatoms. The Hall–Kier alpha value is -2.78. The highest BCUT2D eigenvalue weighted by Gasteiger charge is 2.36. The Balaban J connectivity index is 1.72. The first kappa shape index (κ1) is 17.6. The molecule has 1 aliphatic heterocycles. The van der Waals surface area contributed by atoms with E-state index in [9.17, 15) is 0 Å². The smallest absolute Gasteiger partial charge is 0.119 e. The first-order valence-corrected chi connectivity index (χ1v) is 9.35. The third kappa shape index (κ3) is 3.69. The highest BCUT2D eigenvalue weighted by atomic mass is 35.5. The number of benzene rings is 3. The summed E-state index contributed by atoms with van der Waals surface area (Å²) in [6.07, 6.45) is 0.876. The molecule has 136 valence electrons. The molecule has 0 bridgehead atoms. The van der Waals surface area contributed by atoms with E-state index in [4.69, 9.17) is 21.3 Å². The van der Waals surface area contributed by atoms with Gasteiger partial charge in [0.05, 0.1) is 18.8 Å². The minimum atomic E-state index is 0.221. The number of methoxy groups -OCH3 is 1. The van der Waals surface area contributed by atoms with Gasteiger partial charge in [0.15, 0.2) is 0 Å². The highest BCUT2D eigenvalue weighted by Crippen LogP contribution is 2.41. The van der Waals surface area contributed by atoms with Crippen LogP contribution < -0.4 is 9.64 Å². The van der Waals surface area contributed by atoms with E-state index in [1.165, 1.54) is 11.1 Å². The van der Waals surface area contributed by atoms with E-state index in [0.717, 1.165) is 34.4 Å². The number of para-hydroxylation sites is 1. The predicted molar refractivity (Wildman–Crippen MR) is 113 cm³/mol. The molecule has 1 saturated heterocycles. The summed E-state index contributed by atoms with van der Waals surface area (Å²) in [7, 11) is 1.68. The van der Waals surface area contributed by atoms with Gasteiger partial charge in [0.25, 0.3) is 0 Å². The van der Waals surface area contributed by atoms with Crippen LogP contribution in [0.25, 0.3) is 0 Å². The number of hydrogen-bond donors (Lipinski definition) is 0. The lowest BCUT2D eigenvalue weighted by Crippen LogP contribution is -2.46. The van der Waals surface area contributed by atoms with Crippen LogP contribution >= 0.6 is 11.6 Å². The van der Waals surface area contributed by atoms with Crippen molar-refractivity contribution in [3.63, 3.8) is 0 Å². The molecule has 1 heterocycles. The average Bonchev–Trinajstić information content (AvgIpc) is 2.65. The van der Waals surface area contributed by atoms with Gasteiger partial charge in [0, 0.05) is 17.1 Å². The third-order valence-corrected chi connectivity index (χ3v) is 5.00. The van der Waals surface area contributed by atoms with Gasteiger partial charge in [-0.15, -0.1) is 0 Å². The van der Waals surface area contributed by atoms with Crippen molar-refractivity contribution in [1.82, 2.24) is 0 Å². The lowest BCUT2D eigenvalue weighted by Gasteiger charge is -2.44. The molecule has 3 aromatic carbocycles. The van der Waals surface area contributed by atoms with Crippen molar-refractivity contribution >= 4 is 28.8 Å². The number of aryl methyl sites for hydroxylation is 1. The van der Waals surface area contributed by atoms with Gasteiger partial charge in [-0.25, -0.2) is 4.99 Å². The number of rotatable bonds is 4. The van der Waals surface area contributed by atoms with Gasteiger partial charge in [0.1, 0.15) is 11.6 Å². The van der Waals surface area contributed by atoms with E-state index < -0.39 is 0 Å². The molecule has 1 aliphatic rings. The number of ether oxygens (including phenoxy) is 1. The van der Waals surface area contributed by atoms with Crippen molar-refractivity contribution in [2.75, 3.05) is 12.0 Å². The lowest BCUT2D eigenvalue weighted by atomic mass is 9.91. The second-order valence-electron chi connectivity index (χ2n) is 6.71. The van der Waals surface area contributed by atoms with Gasteiger partial charge in [-0.1, -0.05) is 35.9 Å². The highest BCUT2D eigenvalue weighted by molar-refractivity contribution is 6.30. The van der Waals surface area contributed by atoms with Crippen LogP contribution in [0.2, 0.25) is 5.02 Å². The summed E-state index contributed by atoms with van der Waals surface area (Å²) in [5.74, 6) is 1.89. The van der Waals surface area contributed by atoms with Crippen LogP contribution in [0, 0.1) is 6.92 Å². The third-order valence-electron chi connectivity index (χ3n) is 4.78. The fourth-order valence-corrected chi connectivity index (χ4v) is 3.77. The number of halogens is 1. The maximum absolute atomic E-state index is 6.31. The number of amidine groups is 1. The molecule has 1 atom stereocenters. The molecule has 0 radical (unpaired) electrons. The van der Waals surface area contributed by atoms with E-state index in [2.05, 4.69) is 36.1 Å². The molecule has 0 N–H and O–H groups in total. The molecule has 1 fully saturated rings. The quantitative estimate of drug-likeness (QED) is 0.530. The topological polar surface area (TPSA) is 24.8 Å². The van der Waals surface area contributed by atoms with Gasteiger partial charge < -0.3 is 9.64 Å². The van der Waals surface area contributed by atoms with E-state index >= 15 is 0 Å². The Morgan fingerprint density at radius 1 is 1.00 bits per heavy atom. The Morgan fingerprint density at radius 3 is 2.41 bits per heavy atom. The SMILES string of the molecule is COc1ccc(N2C(=Nc3ccccc3)CC2c2cc(C)cc(Cl)c2)cc1. The van der Waals surface area contributed by atoms with Gasteiger partial charge in [-0.05, 0) is 66.6 Å². The second kappa shape index (κ2) is 7.45. The molecule has 0 aromatic heterocycles. The Bertz CT molecular complexity index is 947. The van der Waals surface area contributed by atoms with E-state index in [-0.39, 0.29) is 6.04 Å². The number of anilines is 1. The summed E-state index contributed by atoms with van der Waals surface area (Å²) >= 11 is 6.31. The molecule has 4 rings (SSSR count). The number of aliphatic imine (C=N–C) groups is 1. The van der Waals surface area contributed by atoms with Crippen molar-refractivity contribution in [2.24, 2.45) is 4.99 Å². The first-order valence-electron chi connectivity index (χ1n) is 8.97. The summed E-state index contributed by atoms with van der Waals surface area (Å²) in [4.78, 5) is 7.14. The minimum absolute atomic E-state index is 0.221. The normalized spacial score (nSPS) is 17.7. The fourth-order valence-electron chi connectivity index (χ4n) is 3.48. The van der Waals surface area contributed by atoms with Crippen LogP contribution in [0.4, 0.5) is 11.4 Å². The Labute approximate surface area is 164 Å². The molecule has 3 nitrogen and oxygen atoms in total.